The molecule has 106 valence electrons. The molecule has 0 fully saturated rings. The fourth-order valence-electron chi connectivity index (χ4n) is 3.33. The third-order valence-corrected chi connectivity index (χ3v) is 4.33. The van der Waals surface area contributed by atoms with Crippen LogP contribution in [0.1, 0.15) is 34.6 Å². The highest BCUT2D eigenvalue weighted by atomic mass is 16.3. The Hall–Kier alpha value is -2.10. The van der Waals surface area contributed by atoms with Crippen LogP contribution < -0.4 is 5.32 Å². The summed E-state index contributed by atoms with van der Waals surface area (Å²) in [6, 6.07) is 16.0. The van der Waals surface area contributed by atoms with E-state index in [4.69, 9.17) is 4.42 Å². The molecule has 1 aromatic heterocycles. The summed E-state index contributed by atoms with van der Waals surface area (Å²) in [7, 11) is 0. The summed E-state index contributed by atoms with van der Waals surface area (Å²) in [4.78, 5) is 0. The normalized spacial score (nSPS) is 18.9. The number of hydrogen-bond acceptors (Lipinski definition) is 3. The van der Waals surface area contributed by atoms with Crippen molar-refractivity contribution in [3.8, 4) is 0 Å². The molecular formula is C18H17NO2. The number of aryl methyl sites for hydroxylation is 1. The van der Waals surface area contributed by atoms with Crippen LogP contribution in [0.15, 0.2) is 52.9 Å². The number of hydrogen-bond donors (Lipinski definition) is 2. The highest BCUT2D eigenvalue weighted by molar-refractivity contribution is 5.82. The van der Waals surface area contributed by atoms with Crippen molar-refractivity contribution in [1.29, 1.82) is 0 Å². The third-order valence-electron chi connectivity index (χ3n) is 4.33. The van der Waals surface area contributed by atoms with Crippen molar-refractivity contribution in [2.75, 3.05) is 0 Å². The van der Waals surface area contributed by atoms with Crippen molar-refractivity contribution in [3.05, 3.63) is 71.0 Å². The predicted molar refractivity (Wildman–Crippen MR) is 81.9 cm³/mol. The number of benzene rings is 2. The fourth-order valence-corrected chi connectivity index (χ4v) is 3.33. The van der Waals surface area contributed by atoms with Crippen molar-refractivity contribution in [2.24, 2.45) is 0 Å². The first-order chi connectivity index (χ1) is 10.3. The molecule has 0 aliphatic carbocycles. The lowest BCUT2D eigenvalue weighted by Gasteiger charge is -2.19. The van der Waals surface area contributed by atoms with Crippen molar-refractivity contribution < 1.29 is 9.52 Å². The van der Waals surface area contributed by atoms with E-state index in [0.29, 0.717) is 0 Å². The largest absolute Gasteiger partial charge is 0.461 e. The van der Waals surface area contributed by atoms with Gasteiger partial charge in [-0.25, -0.2) is 0 Å². The Morgan fingerprint density at radius 3 is 2.81 bits per heavy atom. The van der Waals surface area contributed by atoms with Gasteiger partial charge >= 0.3 is 0 Å². The lowest BCUT2D eigenvalue weighted by atomic mass is 9.94. The molecule has 4 rings (SSSR count). The molecule has 0 saturated heterocycles. The number of furan rings is 1. The Kier molecular flexibility index (Phi) is 2.84. The van der Waals surface area contributed by atoms with Crippen LogP contribution in [0.5, 0.6) is 0 Å². The maximum Gasteiger partial charge on any atom is 0.134 e. The highest BCUT2D eigenvalue weighted by Crippen LogP contribution is 2.40. The van der Waals surface area contributed by atoms with Crippen LogP contribution in [-0.4, -0.2) is 5.11 Å². The molecule has 0 saturated carbocycles. The summed E-state index contributed by atoms with van der Waals surface area (Å²) in [6.07, 6.45) is -0.614. The molecule has 0 radical (unpaired) electrons. The molecular weight excluding hydrogens is 262 g/mol. The molecule has 21 heavy (non-hydrogen) atoms. The second-order valence-corrected chi connectivity index (χ2v) is 5.57. The minimum absolute atomic E-state index is 0.0825. The first-order valence-electron chi connectivity index (χ1n) is 7.23. The van der Waals surface area contributed by atoms with E-state index < -0.39 is 6.10 Å². The Morgan fingerprint density at radius 1 is 1.14 bits per heavy atom. The quantitative estimate of drug-likeness (QED) is 0.753. The molecule has 0 spiro atoms. The van der Waals surface area contributed by atoms with Gasteiger partial charge in [-0.15, -0.1) is 0 Å². The van der Waals surface area contributed by atoms with Gasteiger partial charge in [-0.1, -0.05) is 42.5 Å². The highest BCUT2D eigenvalue weighted by Gasteiger charge is 2.32. The number of fused-ring (bicyclic) bond motifs is 2. The summed E-state index contributed by atoms with van der Waals surface area (Å²) < 4.78 is 5.78. The van der Waals surface area contributed by atoms with Crippen molar-refractivity contribution in [3.63, 3.8) is 0 Å². The smallest absolute Gasteiger partial charge is 0.134 e. The van der Waals surface area contributed by atoms with Crippen LogP contribution in [0.25, 0.3) is 11.0 Å². The lowest BCUT2D eigenvalue weighted by Crippen LogP contribution is -2.20. The minimum Gasteiger partial charge on any atom is -0.461 e. The lowest BCUT2D eigenvalue weighted by molar-refractivity contribution is 0.133. The number of aliphatic hydroxyl groups is 1. The second kappa shape index (κ2) is 4.72. The second-order valence-electron chi connectivity index (χ2n) is 5.57. The van der Waals surface area contributed by atoms with Gasteiger partial charge in [0.2, 0.25) is 0 Å². The van der Waals surface area contributed by atoms with Crippen molar-refractivity contribution in [2.45, 2.75) is 25.6 Å². The maximum absolute atomic E-state index is 10.9. The van der Waals surface area contributed by atoms with Crippen LogP contribution in [0.2, 0.25) is 0 Å². The minimum atomic E-state index is -0.614. The molecule has 3 aromatic rings. The van der Waals surface area contributed by atoms with Gasteiger partial charge in [0.15, 0.2) is 0 Å². The molecule has 3 heteroatoms. The maximum atomic E-state index is 10.9. The summed E-state index contributed by atoms with van der Waals surface area (Å²) in [5, 5.41) is 15.3. The van der Waals surface area contributed by atoms with Crippen LogP contribution >= 0.6 is 0 Å². The fraction of sp³-hybridized carbons (Fsp3) is 0.222. The topological polar surface area (TPSA) is 45.4 Å². The van der Waals surface area contributed by atoms with Crippen molar-refractivity contribution >= 4 is 11.0 Å². The van der Waals surface area contributed by atoms with Gasteiger partial charge in [0.05, 0.1) is 6.04 Å². The van der Waals surface area contributed by atoms with Crippen LogP contribution in [0, 0.1) is 6.92 Å². The first kappa shape index (κ1) is 12.6. The summed E-state index contributed by atoms with van der Waals surface area (Å²) in [6.45, 7) is 2.71. The standard InChI is InChI=1S/C18H17NO2/c1-11-16(14-8-4-5-9-15(14)21-11)18(20)17-13-7-3-2-6-12(13)10-19-17/h2-9,17-20H,10H2,1H3. The third kappa shape index (κ3) is 1.89. The average molecular weight is 279 g/mol. The molecule has 0 bridgehead atoms. The summed E-state index contributed by atoms with van der Waals surface area (Å²) >= 11 is 0. The summed E-state index contributed by atoms with van der Waals surface area (Å²) in [5.41, 5.74) is 4.15. The van der Waals surface area contributed by atoms with Gasteiger partial charge < -0.3 is 14.8 Å². The zero-order valence-electron chi connectivity index (χ0n) is 11.8. The van der Waals surface area contributed by atoms with E-state index in [9.17, 15) is 5.11 Å². The van der Waals surface area contributed by atoms with E-state index in [0.717, 1.165) is 28.8 Å². The zero-order valence-corrected chi connectivity index (χ0v) is 11.8. The van der Waals surface area contributed by atoms with Gasteiger partial charge in [-0.3, -0.25) is 0 Å². The molecule has 1 aliphatic heterocycles. The molecule has 2 unspecified atom stereocenters. The first-order valence-corrected chi connectivity index (χ1v) is 7.23. The molecule has 0 amide bonds. The van der Waals surface area contributed by atoms with E-state index >= 15 is 0 Å². The SMILES string of the molecule is Cc1oc2ccccc2c1C(O)C1NCc2ccccc21. The van der Waals surface area contributed by atoms with E-state index in [1.165, 1.54) is 11.1 Å². The van der Waals surface area contributed by atoms with E-state index in [2.05, 4.69) is 17.4 Å². The monoisotopic (exact) mass is 279 g/mol. The summed E-state index contributed by atoms with van der Waals surface area (Å²) in [5.74, 6) is 0.787. The number of nitrogens with one attached hydrogen (secondary N) is 1. The van der Waals surface area contributed by atoms with Gasteiger partial charge in [0, 0.05) is 17.5 Å². The molecule has 2 atom stereocenters. The van der Waals surface area contributed by atoms with Gasteiger partial charge in [0.25, 0.3) is 0 Å². The van der Waals surface area contributed by atoms with Gasteiger partial charge in [-0.05, 0) is 24.1 Å². The molecule has 3 nitrogen and oxygen atoms in total. The van der Waals surface area contributed by atoms with Crippen LogP contribution in [0.3, 0.4) is 0 Å². The predicted octanol–water partition coefficient (Wildman–Crippen LogP) is 3.62. The van der Waals surface area contributed by atoms with Crippen molar-refractivity contribution in [1.82, 2.24) is 5.32 Å². The Bertz CT molecular complexity index is 806. The van der Waals surface area contributed by atoms with Crippen LogP contribution in [0.4, 0.5) is 0 Å². The molecule has 2 aromatic carbocycles. The van der Waals surface area contributed by atoms with E-state index in [-0.39, 0.29) is 6.04 Å². The molecule has 1 aliphatic rings. The van der Waals surface area contributed by atoms with E-state index in [1.54, 1.807) is 0 Å². The zero-order chi connectivity index (χ0) is 14.4. The van der Waals surface area contributed by atoms with Crippen LogP contribution in [-0.2, 0) is 6.54 Å². The average Bonchev–Trinajstić information content (AvgIpc) is 3.06. The van der Waals surface area contributed by atoms with E-state index in [1.807, 2.05) is 43.3 Å². The molecule has 2 N–H and O–H groups in total. The molecule has 2 heterocycles. The Balaban J connectivity index is 1.81. The number of aliphatic hydroxyl groups excluding tert-OH is 1. The van der Waals surface area contributed by atoms with Gasteiger partial charge in [-0.2, -0.15) is 0 Å². The van der Waals surface area contributed by atoms with Gasteiger partial charge in [0.1, 0.15) is 17.4 Å². The Labute approximate surface area is 123 Å². The number of para-hydroxylation sites is 1. The Morgan fingerprint density at radius 2 is 1.90 bits per heavy atom. The number of rotatable bonds is 2.